The Balaban J connectivity index is 1.62. The Kier molecular flexibility index (Phi) is 4.97. The minimum Gasteiger partial charge on any atom is -0.343 e. The Labute approximate surface area is 138 Å². The van der Waals surface area contributed by atoms with E-state index in [1.54, 1.807) is 0 Å². The van der Waals surface area contributed by atoms with E-state index in [1.165, 1.54) is 16.3 Å². The Bertz CT molecular complexity index is 669. The maximum atomic E-state index is 12.5. The lowest BCUT2D eigenvalue weighted by molar-refractivity contribution is -0.133. The third-order valence-corrected chi connectivity index (χ3v) is 4.86. The summed E-state index contributed by atoms with van der Waals surface area (Å²) in [7, 11) is 0. The van der Waals surface area contributed by atoms with Gasteiger partial charge in [0.05, 0.1) is 0 Å². The molecule has 1 atom stereocenters. The highest BCUT2D eigenvalue weighted by molar-refractivity contribution is 5.85. The van der Waals surface area contributed by atoms with Crippen LogP contribution in [-0.2, 0) is 11.2 Å². The van der Waals surface area contributed by atoms with Crippen LogP contribution < -0.4 is 5.73 Å². The molecule has 2 aromatic rings. The van der Waals surface area contributed by atoms with Crippen LogP contribution in [0.2, 0.25) is 0 Å². The van der Waals surface area contributed by atoms with Crippen LogP contribution in [0, 0.1) is 5.92 Å². The van der Waals surface area contributed by atoms with Crippen molar-refractivity contribution in [1.82, 2.24) is 4.90 Å². The second-order valence-electron chi connectivity index (χ2n) is 6.87. The van der Waals surface area contributed by atoms with Crippen LogP contribution in [0.5, 0.6) is 0 Å². The van der Waals surface area contributed by atoms with Gasteiger partial charge >= 0.3 is 0 Å². The smallest absolute Gasteiger partial charge is 0.222 e. The molecule has 3 heteroatoms. The first kappa shape index (κ1) is 16.0. The number of amides is 1. The van der Waals surface area contributed by atoms with Crippen LogP contribution in [0.25, 0.3) is 10.8 Å². The predicted octanol–water partition coefficient (Wildman–Crippen LogP) is 3.36. The Morgan fingerprint density at radius 3 is 2.65 bits per heavy atom. The van der Waals surface area contributed by atoms with Gasteiger partial charge < -0.3 is 10.6 Å². The topological polar surface area (TPSA) is 46.3 Å². The Morgan fingerprint density at radius 2 is 1.87 bits per heavy atom. The van der Waals surface area contributed by atoms with E-state index in [0.717, 1.165) is 32.4 Å². The lowest BCUT2D eigenvalue weighted by Crippen LogP contribution is -2.43. The molecule has 1 amide bonds. The first-order chi connectivity index (χ1) is 11.1. The van der Waals surface area contributed by atoms with E-state index in [2.05, 4.69) is 49.4 Å². The highest BCUT2D eigenvalue weighted by Crippen LogP contribution is 2.23. The van der Waals surface area contributed by atoms with Crippen molar-refractivity contribution in [2.24, 2.45) is 11.7 Å². The van der Waals surface area contributed by atoms with E-state index in [9.17, 15) is 4.79 Å². The first-order valence-corrected chi connectivity index (χ1v) is 8.63. The SMILES string of the molecule is CC(CC(=O)N1CCC(N)CC1)Cc1cccc2ccccc12. The first-order valence-electron chi connectivity index (χ1n) is 8.63. The standard InChI is InChI=1S/C20H26N2O/c1-15(14-20(23)22-11-9-18(21)10-12-22)13-17-7-4-6-16-5-2-3-8-19(16)17/h2-8,15,18H,9-14,21H2,1H3. The van der Waals surface area contributed by atoms with Crippen molar-refractivity contribution >= 4 is 16.7 Å². The van der Waals surface area contributed by atoms with Gasteiger partial charge in [0.1, 0.15) is 0 Å². The number of rotatable bonds is 4. The lowest BCUT2D eigenvalue weighted by atomic mass is 9.93. The number of nitrogens with zero attached hydrogens (tertiary/aromatic N) is 1. The van der Waals surface area contributed by atoms with Gasteiger partial charge in [0, 0.05) is 25.6 Å². The van der Waals surface area contributed by atoms with Gasteiger partial charge in [-0.1, -0.05) is 49.4 Å². The van der Waals surface area contributed by atoms with Crippen LogP contribution in [-0.4, -0.2) is 29.9 Å². The second-order valence-corrected chi connectivity index (χ2v) is 6.87. The second kappa shape index (κ2) is 7.14. The summed E-state index contributed by atoms with van der Waals surface area (Å²) in [6.07, 6.45) is 3.44. The van der Waals surface area contributed by atoms with Crippen LogP contribution in [0.3, 0.4) is 0 Å². The van der Waals surface area contributed by atoms with Crippen molar-refractivity contribution in [1.29, 1.82) is 0 Å². The number of fused-ring (bicyclic) bond motifs is 1. The van der Waals surface area contributed by atoms with Gasteiger partial charge in [0.2, 0.25) is 5.91 Å². The Morgan fingerprint density at radius 1 is 1.17 bits per heavy atom. The van der Waals surface area contributed by atoms with E-state index >= 15 is 0 Å². The van der Waals surface area contributed by atoms with Gasteiger partial charge in [0.25, 0.3) is 0 Å². The molecule has 1 unspecified atom stereocenters. The lowest BCUT2D eigenvalue weighted by Gasteiger charge is -2.31. The molecular formula is C20H26N2O. The van der Waals surface area contributed by atoms with Crippen molar-refractivity contribution in [2.75, 3.05) is 13.1 Å². The Hall–Kier alpha value is -1.87. The summed E-state index contributed by atoms with van der Waals surface area (Å²) >= 11 is 0. The summed E-state index contributed by atoms with van der Waals surface area (Å²) in [5.74, 6) is 0.633. The third kappa shape index (κ3) is 3.91. The minimum absolute atomic E-state index is 0.271. The molecule has 1 aliphatic heterocycles. The minimum atomic E-state index is 0.271. The number of piperidine rings is 1. The fourth-order valence-electron chi connectivity index (χ4n) is 3.49. The molecule has 2 N–H and O–H groups in total. The largest absolute Gasteiger partial charge is 0.343 e. The molecule has 3 nitrogen and oxygen atoms in total. The quantitative estimate of drug-likeness (QED) is 0.941. The van der Waals surface area contributed by atoms with Crippen LogP contribution >= 0.6 is 0 Å². The number of likely N-dealkylation sites (tertiary alicyclic amines) is 1. The molecule has 1 aliphatic rings. The molecule has 1 fully saturated rings. The summed E-state index contributed by atoms with van der Waals surface area (Å²) in [6.45, 7) is 3.82. The third-order valence-electron chi connectivity index (χ3n) is 4.86. The number of benzene rings is 2. The number of hydrogen-bond acceptors (Lipinski definition) is 2. The maximum Gasteiger partial charge on any atom is 0.222 e. The van der Waals surface area contributed by atoms with E-state index in [4.69, 9.17) is 5.73 Å². The monoisotopic (exact) mass is 310 g/mol. The number of carbonyl (C=O) groups is 1. The molecule has 0 saturated carbocycles. The molecule has 0 bridgehead atoms. The van der Waals surface area contributed by atoms with Crippen LogP contribution in [0.4, 0.5) is 0 Å². The highest BCUT2D eigenvalue weighted by atomic mass is 16.2. The number of hydrogen-bond donors (Lipinski definition) is 1. The van der Waals surface area contributed by atoms with Crippen molar-refractivity contribution < 1.29 is 4.79 Å². The van der Waals surface area contributed by atoms with Gasteiger partial charge in [-0.2, -0.15) is 0 Å². The summed E-state index contributed by atoms with van der Waals surface area (Å²) in [4.78, 5) is 14.4. The molecular weight excluding hydrogens is 284 g/mol. The van der Waals surface area contributed by atoms with Crippen LogP contribution in [0.1, 0.15) is 31.7 Å². The molecule has 0 aromatic heterocycles. The number of nitrogens with two attached hydrogens (primary N) is 1. The summed E-state index contributed by atoms with van der Waals surface area (Å²) in [6, 6.07) is 15.2. The average Bonchev–Trinajstić information content (AvgIpc) is 2.55. The zero-order valence-electron chi connectivity index (χ0n) is 13.9. The van der Waals surface area contributed by atoms with Gasteiger partial charge in [-0.05, 0) is 41.5 Å². The summed E-state index contributed by atoms with van der Waals surface area (Å²) in [5.41, 5.74) is 7.25. The average molecular weight is 310 g/mol. The van der Waals surface area contributed by atoms with Crippen molar-refractivity contribution in [3.8, 4) is 0 Å². The molecule has 122 valence electrons. The van der Waals surface area contributed by atoms with Gasteiger partial charge in [-0.25, -0.2) is 0 Å². The fraction of sp³-hybridized carbons (Fsp3) is 0.450. The van der Waals surface area contributed by atoms with Crippen molar-refractivity contribution in [3.63, 3.8) is 0 Å². The highest BCUT2D eigenvalue weighted by Gasteiger charge is 2.22. The maximum absolute atomic E-state index is 12.5. The van der Waals surface area contributed by atoms with Crippen LogP contribution in [0.15, 0.2) is 42.5 Å². The van der Waals surface area contributed by atoms with Crippen molar-refractivity contribution in [2.45, 2.75) is 38.6 Å². The summed E-state index contributed by atoms with van der Waals surface area (Å²) in [5, 5.41) is 2.58. The molecule has 2 aromatic carbocycles. The van der Waals surface area contributed by atoms with Gasteiger partial charge in [-0.15, -0.1) is 0 Å². The molecule has 3 rings (SSSR count). The van der Waals surface area contributed by atoms with Gasteiger partial charge in [-0.3, -0.25) is 4.79 Å². The van der Waals surface area contributed by atoms with E-state index in [1.807, 2.05) is 4.90 Å². The van der Waals surface area contributed by atoms with Gasteiger partial charge in [0.15, 0.2) is 0 Å². The van der Waals surface area contributed by atoms with Crippen molar-refractivity contribution in [3.05, 3.63) is 48.0 Å². The van der Waals surface area contributed by atoms with E-state index in [-0.39, 0.29) is 11.9 Å². The zero-order valence-corrected chi connectivity index (χ0v) is 13.9. The molecule has 0 aliphatic carbocycles. The molecule has 23 heavy (non-hydrogen) atoms. The fourth-order valence-corrected chi connectivity index (χ4v) is 3.49. The predicted molar refractivity (Wildman–Crippen MR) is 95.2 cm³/mol. The zero-order chi connectivity index (χ0) is 16.2. The molecule has 0 spiro atoms. The van der Waals surface area contributed by atoms with E-state index < -0.39 is 0 Å². The van der Waals surface area contributed by atoms with E-state index in [0.29, 0.717) is 12.3 Å². The molecule has 0 radical (unpaired) electrons. The normalized spacial score (nSPS) is 17.4. The molecule has 1 saturated heterocycles. The molecule has 1 heterocycles. The number of carbonyl (C=O) groups excluding carboxylic acids is 1. The summed E-state index contributed by atoms with van der Waals surface area (Å²) < 4.78 is 0.